The van der Waals surface area contributed by atoms with Crippen LogP contribution in [0.4, 0.5) is 0 Å². The molecule has 3 aliphatic carbocycles. The van der Waals surface area contributed by atoms with Gasteiger partial charge in [0.05, 0.1) is 11.0 Å². The molecule has 2 N–H and O–H groups in total. The van der Waals surface area contributed by atoms with Crippen molar-refractivity contribution in [3.8, 4) is 0 Å². The molecule has 0 saturated heterocycles. The van der Waals surface area contributed by atoms with Crippen molar-refractivity contribution < 1.29 is 0 Å². The minimum Gasteiger partial charge on any atom is -0.327 e. The molecule has 4 unspecified atom stereocenters. The van der Waals surface area contributed by atoms with Crippen molar-refractivity contribution in [3.05, 3.63) is 29.0 Å². The summed E-state index contributed by atoms with van der Waals surface area (Å²) in [6.45, 7) is 0. The van der Waals surface area contributed by atoms with Crippen LogP contribution < -0.4 is 5.73 Å². The molecule has 0 spiro atoms. The van der Waals surface area contributed by atoms with Gasteiger partial charge in [0.1, 0.15) is 5.82 Å². The molecule has 1 aromatic carbocycles. The lowest BCUT2D eigenvalue weighted by Gasteiger charge is -2.28. The van der Waals surface area contributed by atoms with E-state index in [1.165, 1.54) is 43.4 Å². The Morgan fingerprint density at radius 1 is 1.14 bits per heavy atom. The predicted molar refractivity (Wildman–Crippen MR) is 84.6 cm³/mol. The van der Waals surface area contributed by atoms with Crippen molar-refractivity contribution in [2.75, 3.05) is 0 Å². The topological polar surface area (TPSA) is 43.8 Å². The summed E-state index contributed by atoms with van der Waals surface area (Å²) in [6, 6.07) is 6.99. The maximum atomic E-state index is 6.56. The Kier molecular flexibility index (Phi) is 2.52. The highest BCUT2D eigenvalue weighted by Gasteiger charge is 2.49. The first kappa shape index (κ1) is 12.5. The summed E-state index contributed by atoms with van der Waals surface area (Å²) in [7, 11) is 0. The second kappa shape index (κ2) is 4.23. The number of nitrogens with two attached hydrogens (primary N) is 1. The van der Waals surface area contributed by atoms with E-state index in [1.54, 1.807) is 0 Å². The summed E-state index contributed by atoms with van der Waals surface area (Å²) in [4.78, 5) is 4.99. The van der Waals surface area contributed by atoms with Crippen molar-refractivity contribution >= 4 is 22.6 Å². The van der Waals surface area contributed by atoms with E-state index >= 15 is 0 Å². The van der Waals surface area contributed by atoms with Crippen LogP contribution in [0.3, 0.4) is 0 Å². The number of fused-ring (bicyclic) bond motifs is 3. The molecule has 2 bridgehead atoms. The number of nitrogens with zero attached hydrogens (tertiary/aromatic N) is 2. The number of halogens is 1. The van der Waals surface area contributed by atoms with E-state index in [1.807, 2.05) is 6.07 Å². The van der Waals surface area contributed by atoms with Crippen LogP contribution in [0.1, 0.15) is 49.9 Å². The molecule has 110 valence electrons. The Balaban J connectivity index is 1.70. The van der Waals surface area contributed by atoms with Crippen molar-refractivity contribution in [1.29, 1.82) is 0 Å². The summed E-state index contributed by atoms with van der Waals surface area (Å²) in [5.41, 5.74) is 8.84. The van der Waals surface area contributed by atoms with Crippen LogP contribution >= 0.6 is 11.6 Å². The molecular weight excluding hydrogens is 282 g/mol. The molecular formula is C17H20ClN3. The number of imidazole rings is 1. The highest BCUT2D eigenvalue weighted by molar-refractivity contribution is 6.31. The molecule has 0 aliphatic heterocycles. The minimum atomic E-state index is 0.300. The summed E-state index contributed by atoms with van der Waals surface area (Å²) in [5.74, 6) is 3.16. The molecule has 1 heterocycles. The summed E-state index contributed by atoms with van der Waals surface area (Å²) >= 11 is 6.21. The lowest BCUT2D eigenvalue weighted by atomic mass is 9.84. The fourth-order valence-electron chi connectivity index (χ4n) is 4.76. The lowest BCUT2D eigenvalue weighted by molar-refractivity contribution is 0.347. The molecule has 2 aromatic rings. The molecule has 4 atom stereocenters. The molecule has 1 aromatic heterocycles. The standard InChI is InChI=1S/C17H20ClN3/c18-11-3-6-13-14(8-11)21(12-4-5-12)17(20-13)15-9-1-2-10(7-9)16(15)19/h3,6,8-10,12,15-16H,1-2,4-5,7,19H2. The molecule has 3 saturated carbocycles. The quantitative estimate of drug-likeness (QED) is 0.915. The first-order chi connectivity index (χ1) is 10.2. The van der Waals surface area contributed by atoms with E-state index in [-0.39, 0.29) is 0 Å². The van der Waals surface area contributed by atoms with Gasteiger partial charge in [-0.1, -0.05) is 11.6 Å². The summed E-state index contributed by atoms with van der Waals surface area (Å²) in [6.07, 6.45) is 6.48. The fourth-order valence-corrected chi connectivity index (χ4v) is 4.92. The molecule has 3 nitrogen and oxygen atoms in total. The van der Waals surface area contributed by atoms with Gasteiger partial charge in [-0.2, -0.15) is 0 Å². The maximum Gasteiger partial charge on any atom is 0.115 e. The molecule has 3 aliphatic rings. The second-order valence-electron chi connectivity index (χ2n) is 7.14. The second-order valence-corrected chi connectivity index (χ2v) is 7.58. The summed E-state index contributed by atoms with van der Waals surface area (Å²) < 4.78 is 2.46. The number of benzene rings is 1. The van der Waals surface area contributed by atoms with Gasteiger partial charge in [-0.3, -0.25) is 0 Å². The largest absolute Gasteiger partial charge is 0.327 e. The maximum absolute atomic E-state index is 6.56. The zero-order chi connectivity index (χ0) is 14.1. The number of aromatic nitrogens is 2. The molecule has 5 rings (SSSR count). The Bertz CT molecular complexity index is 716. The zero-order valence-corrected chi connectivity index (χ0v) is 12.8. The van der Waals surface area contributed by atoms with Crippen molar-refractivity contribution in [1.82, 2.24) is 9.55 Å². The van der Waals surface area contributed by atoms with Crippen LogP contribution in [0.15, 0.2) is 18.2 Å². The highest BCUT2D eigenvalue weighted by Crippen LogP contribution is 2.53. The SMILES string of the molecule is NC1C2CCC(C2)C1c1nc2ccc(Cl)cc2n1C1CC1. The molecule has 4 heteroatoms. The number of rotatable bonds is 2. The van der Waals surface area contributed by atoms with Crippen LogP contribution in [-0.2, 0) is 0 Å². The monoisotopic (exact) mass is 301 g/mol. The Hall–Kier alpha value is -1.06. The summed E-state index contributed by atoms with van der Waals surface area (Å²) in [5, 5.41) is 0.799. The normalized spacial score (nSPS) is 35.0. The van der Waals surface area contributed by atoms with Crippen LogP contribution in [0, 0.1) is 11.8 Å². The third-order valence-electron chi connectivity index (χ3n) is 5.87. The first-order valence-corrected chi connectivity index (χ1v) is 8.53. The fraction of sp³-hybridized carbons (Fsp3) is 0.588. The minimum absolute atomic E-state index is 0.300. The van der Waals surface area contributed by atoms with Gasteiger partial charge < -0.3 is 10.3 Å². The molecule has 0 amide bonds. The first-order valence-electron chi connectivity index (χ1n) is 8.15. The van der Waals surface area contributed by atoms with E-state index in [2.05, 4.69) is 16.7 Å². The van der Waals surface area contributed by atoms with E-state index in [9.17, 15) is 0 Å². The average Bonchev–Trinajstić information content (AvgIpc) is 2.95. The number of hydrogen-bond donors (Lipinski definition) is 1. The van der Waals surface area contributed by atoms with Gasteiger partial charge in [0, 0.05) is 23.0 Å². The molecule has 21 heavy (non-hydrogen) atoms. The lowest BCUT2D eigenvalue weighted by Crippen LogP contribution is -2.35. The van der Waals surface area contributed by atoms with Crippen molar-refractivity contribution in [2.24, 2.45) is 17.6 Å². The smallest absolute Gasteiger partial charge is 0.115 e. The van der Waals surface area contributed by atoms with Gasteiger partial charge in [-0.25, -0.2) is 4.98 Å². The van der Waals surface area contributed by atoms with E-state index in [4.69, 9.17) is 22.3 Å². The highest BCUT2D eigenvalue weighted by atomic mass is 35.5. The third-order valence-corrected chi connectivity index (χ3v) is 6.10. The van der Waals surface area contributed by atoms with Gasteiger partial charge in [-0.05, 0) is 62.1 Å². The van der Waals surface area contributed by atoms with E-state index in [0.717, 1.165) is 22.4 Å². The van der Waals surface area contributed by atoms with Gasteiger partial charge >= 0.3 is 0 Å². The predicted octanol–water partition coefficient (Wildman–Crippen LogP) is 3.87. The van der Waals surface area contributed by atoms with Crippen molar-refractivity contribution in [3.63, 3.8) is 0 Å². The average molecular weight is 302 g/mol. The van der Waals surface area contributed by atoms with Crippen LogP contribution in [0.5, 0.6) is 0 Å². The Morgan fingerprint density at radius 3 is 2.67 bits per heavy atom. The van der Waals surface area contributed by atoms with E-state index in [0.29, 0.717) is 18.0 Å². The Labute approximate surface area is 129 Å². The van der Waals surface area contributed by atoms with E-state index < -0.39 is 0 Å². The van der Waals surface area contributed by atoms with Gasteiger partial charge in [0.25, 0.3) is 0 Å². The molecule has 0 radical (unpaired) electrons. The van der Waals surface area contributed by atoms with Crippen molar-refractivity contribution in [2.45, 2.75) is 50.1 Å². The van der Waals surface area contributed by atoms with Crippen LogP contribution in [0.2, 0.25) is 5.02 Å². The zero-order valence-electron chi connectivity index (χ0n) is 12.0. The third kappa shape index (κ3) is 1.74. The molecule has 3 fully saturated rings. The van der Waals surface area contributed by atoms with Crippen LogP contribution in [0.25, 0.3) is 11.0 Å². The van der Waals surface area contributed by atoms with Gasteiger partial charge in [-0.15, -0.1) is 0 Å². The number of hydrogen-bond acceptors (Lipinski definition) is 2. The Morgan fingerprint density at radius 2 is 1.95 bits per heavy atom. The van der Waals surface area contributed by atoms with Gasteiger partial charge in [0.2, 0.25) is 0 Å². The van der Waals surface area contributed by atoms with Gasteiger partial charge in [0.15, 0.2) is 0 Å². The van der Waals surface area contributed by atoms with Crippen LogP contribution in [-0.4, -0.2) is 15.6 Å².